The fourth-order valence-corrected chi connectivity index (χ4v) is 1.19. The Balaban J connectivity index is 2.39. The molecule has 8 heteroatoms. The average molecular weight is 257 g/mol. The zero-order valence-corrected chi connectivity index (χ0v) is 10.3. The summed E-state index contributed by atoms with van der Waals surface area (Å²) in [5.74, 6) is -1.72. The van der Waals surface area contributed by atoms with E-state index in [1.165, 1.54) is 0 Å². The van der Waals surface area contributed by atoms with Crippen molar-refractivity contribution in [2.45, 2.75) is 32.4 Å². The van der Waals surface area contributed by atoms with Gasteiger partial charge >= 0.3 is 12.1 Å². The summed E-state index contributed by atoms with van der Waals surface area (Å²) in [6.07, 6.45) is -0.0792. The number of ether oxygens (including phenoxy) is 1. The second-order valence-corrected chi connectivity index (χ2v) is 4.70. The Hall–Kier alpha value is -2.12. The number of nitrogens with one attached hydrogen (secondary N) is 1. The zero-order chi connectivity index (χ0) is 13.9. The molecule has 1 fully saturated rings. The van der Waals surface area contributed by atoms with Crippen molar-refractivity contribution in [3.05, 3.63) is 0 Å². The molecular weight excluding hydrogens is 242 g/mol. The minimum Gasteiger partial charge on any atom is -0.477 e. The molecule has 0 spiro atoms. The van der Waals surface area contributed by atoms with Crippen LogP contribution < -0.4 is 5.32 Å². The van der Waals surface area contributed by atoms with Crippen molar-refractivity contribution >= 4 is 24.2 Å². The molecule has 18 heavy (non-hydrogen) atoms. The van der Waals surface area contributed by atoms with Crippen LogP contribution in [-0.4, -0.2) is 52.5 Å². The van der Waals surface area contributed by atoms with E-state index in [-0.39, 0.29) is 6.54 Å². The number of β-lactam (4-membered cyclic amide) rings is 1. The van der Waals surface area contributed by atoms with Crippen LogP contribution in [0.2, 0.25) is 0 Å². The summed E-state index contributed by atoms with van der Waals surface area (Å²) >= 11 is 0. The highest BCUT2D eigenvalue weighted by molar-refractivity contribution is 6.22. The molecule has 0 bridgehead atoms. The van der Waals surface area contributed by atoms with Gasteiger partial charge < -0.3 is 15.2 Å². The van der Waals surface area contributed by atoms with Crippen LogP contribution in [0.15, 0.2) is 5.10 Å². The van der Waals surface area contributed by atoms with Gasteiger partial charge in [0.05, 0.1) is 6.54 Å². The summed E-state index contributed by atoms with van der Waals surface area (Å²) in [6.45, 7) is 5.25. The molecule has 0 aliphatic carbocycles. The summed E-state index contributed by atoms with van der Waals surface area (Å²) < 4.78 is 4.97. The van der Waals surface area contributed by atoms with Gasteiger partial charge in [0.15, 0.2) is 0 Å². The number of aliphatic carboxylic acids is 1. The molecule has 8 nitrogen and oxygen atoms in total. The number of carbonyl (C=O) groups excluding carboxylic acids is 2. The van der Waals surface area contributed by atoms with Crippen LogP contribution >= 0.6 is 0 Å². The predicted octanol–water partition coefficient (Wildman–Crippen LogP) is -0.208. The first-order valence-electron chi connectivity index (χ1n) is 5.27. The second kappa shape index (κ2) is 5.03. The van der Waals surface area contributed by atoms with Crippen LogP contribution in [0, 0.1) is 0 Å². The highest BCUT2D eigenvalue weighted by Crippen LogP contribution is 2.12. The molecule has 2 N–H and O–H groups in total. The van der Waals surface area contributed by atoms with Crippen LogP contribution in [0.4, 0.5) is 4.79 Å². The van der Waals surface area contributed by atoms with Gasteiger partial charge in [-0.3, -0.25) is 4.79 Å². The lowest BCUT2D eigenvalue weighted by Gasteiger charge is -2.34. The number of alkyl carbamates (subject to hydrolysis) is 1. The lowest BCUT2D eigenvalue weighted by Crippen LogP contribution is -2.62. The molecule has 1 aliphatic heterocycles. The summed E-state index contributed by atoms with van der Waals surface area (Å²) in [7, 11) is 0. The number of carboxylic acids is 1. The summed E-state index contributed by atoms with van der Waals surface area (Å²) in [4.78, 5) is 33.0. The van der Waals surface area contributed by atoms with Gasteiger partial charge in [-0.1, -0.05) is 0 Å². The van der Waals surface area contributed by atoms with E-state index in [9.17, 15) is 14.4 Å². The number of hydrogen-bond acceptors (Lipinski definition) is 5. The first kappa shape index (κ1) is 13.9. The molecule has 0 aromatic carbocycles. The van der Waals surface area contributed by atoms with Gasteiger partial charge in [-0.25, -0.2) is 14.6 Å². The van der Waals surface area contributed by atoms with Crippen LogP contribution in [0.25, 0.3) is 0 Å². The van der Waals surface area contributed by atoms with Crippen LogP contribution in [0.1, 0.15) is 20.8 Å². The Labute approximate surface area is 104 Å². The van der Waals surface area contributed by atoms with E-state index in [0.717, 1.165) is 5.01 Å². The molecule has 2 amide bonds. The van der Waals surface area contributed by atoms with Crippen molar-refractivity contribution in [3.63, 3.8) is 0 Å². The van der Waals surface area contributed by atoms with Crippen LogP contribution in [0.5, 0.6) is 0 Å². The topological polar surface area (TPSA) is 108 Å². The number of carbonyl (C=O) groups is 3. The summed E-state index contributed by atoms with van der Waals surface area (Å²) in [6, 6.07) is -0.717. The number of hydrogen-bond donors (Lipinski definition) is 2. The van der Waals surface area contributed by atoms with Crippen molar-refractivity contribution in [3.8, 4) is 0 Å². The van der Waals surface area contributed by atoms with E-state index in [2.05, 4.69) is 10.4 Å². The van der Waals surface area contributed by atoms with Crippen molar-refractivity contribution < 1.29 is 24.2 Å². The molecule has 0 aromatic heterocycles. The van der Waals surface area contributed by atoms with Crippen molar-refractivity contribution in [2.24, 2.45) is 5.10 Å². The molecule has 1 atom stereocenters. The number of nitrogens with zero attached hydrogens (tertiary/aromatic N) is 2. The Morgan fingerprint density at radius 1 is 1.56 bits per heavy atom. The standard InChI is InChI=1S/C10H15N3O5/c1-10(2,3)18-9(17)12-6-5-13(8(6)16)11-4-7(14)15/h4,6H,5H2,1-3H3,(H,12,17)(H,14,15)/b11-4-/t6-/m0/s1. The maximum absolute atomic E-state index is 11.4. The molecule has 1 saturated heterocycles. The summed E-state index contributed by atoms with van der Waals surface area (Å²) in [5, 5.41) is 15.1. The van der Waals surface area contributed by atoms with Gasteiger partial charge in [-0.05, 0) is 20.8 Å². The van der Waals surface area contributed by atoms with E-state index >= 15 is 0 Å². The highest BCUT2D eigenvalue weighted by atomic mass is 16.6. The van der Waals surface area contributed by atoms with Crippen LogP contribution in [-0.2, 0) is 14.3 Å². The molecule has 0 aromatic rings. The molecular formula is C10H15N3O5. The quantitative estimate of drug-likeness (QED) is 0.537. The van der Waals surface area contributed by atoms with Crippen LogP contribution in [0.3, 0.4) is 0 Å². The van der Waals surface area contributed by atoms with Gasteiger partial charge in [0.1, 0.15) is 17.9 Å². The third-order valence-electron chi connectivity index (χ3n) is 1.91. The molecule has 1 aliphatic rings. The Morgan fingerprint density at radius 2 is 2.17 bits per heavy atom. The van der Waals surface area contributed by atoms with E-state index in [1.807, 2.05) is 0 Å². The van der Waals surface area contributed by atoms with Gasteiger partial charge in [-0.15, -0.1) is 0 Å². The maximum Gasteiger partial charge on any atom is 0.408 e. The smallest absolute Gasteiger partial charge is 0.408 e. The molecule has 100 valence electrons. The van der Waals surface area contributed by atoms with Gasteiger partial charge in [0, 0.05) is 0 Å². The average Bonchev–Trinajstić information content (AvgIpc) is 2.18. The summed E-state index contributed by atoms with van der Waals surface area (Å²) in [5.41, 5.74) is -0.641. The third-order valence-corrected chi connectivity index (χ3v) is 1.91. The third kappa shape index (κ3) is 4.04. The monoisotopic (exact) mass is 257 g/mol. The van der Waals surface area contributed by atoms with E-state index in [0.29, 0.717) is 6.21 Å². The molecule has 0 unspecified atom stereocenters. The van der Waals surface area contributed by atoms with Gasteiger partial charge in [0.2, 0.25) is 0 Å². The Kier molecular flexibility index (Phi) is 3.89. The largest absolute Gasteiger partial charge is 0.477 e. The number of hydrazone groups is 1. The molecule has 0 saturated carbocycles. The Morgan fingerprint density at radius 3 is 2.61 bits per heavy atom. The fraction of sp³-hybridized carbons (Fsp3) is 0.600. The van der Waals surface area contributed by atoms with Crippen molar-refractivity contribution in [1.82, 2.24) is 10.3 Å². The highest BCUT2D eigenvalue weighted by Gasteiger charge is 2.38. The van der Waals surface area contributed by atoms with Crippen molar-refractivity contribution in [2.75, 3.05) is 6.54 Å². The Bertz CT molecular complexity index is 399. The van der Waals surface area contributed by atoms with E-state index in [1.54, 1.807) is 20.8 Å². The lowest BCUT2D eigenvalue weighted by atomic mass is 10.1. The zero-order valence-electron chi connectivity index (χ0n) is 10.3. The van der Waals surface area contributed by atoms with Gasteiger partial charge in [-0.2, -0.15) is 5.10 Å². The minimum atomic E-state index is -1.24. The first-order valence-corrected chi connectivity index (χ1v) is 5.27. The lowest BCUT2D eigenvalue weighted by molar-refractivity contribution is -0.143. The van der Waals surface area contributed by atoms with E-state index < -0.39 is 29.6 Å². The number of rotatable bonds is 3. The second-order valence-electron chi connectivity index (χ2n) is 4.70. The SMILES string of the molecule is CC(C)(C)OC(=O)N[C@H]1CN(/N=C\C(=O)O)C1=O. The van der Waals surface area contributed by atoms with E-state index in [4.69, 9.17) is 9.84 Å². The fourth-order valence-electron chi connectivity index (χ4n) is 1.19. The molecule has 1 rings (SSSR count). The van der Waals surface area contributed by atoms with Crippen molar-refractivity contribution in [1.29, 1.82) is 0 Å². The maximum atomic E-state index is 11.4. The normalized spacial score (nSPS) is 19.6. The molecule has 1 heterocycles. The predicted molar refractivity (Wildman–Crippen MR) is 61.0 cm³/mol. The molecule has 0 radical (unpaired) electrons. The van der Waals surface area contributed by atoms with Gasteiger partial charge in [0.25, 0.3) is 5.91 Å². The number of amides is 2. The minimum absolute atomic E-state index is 0.127. The first-order chi connectivity index (χ1) is 8.19. The number of carboxylic acid groups (broad SMARTS) is 1.